The molecule has 1 unspecified atom stereocenters. The molecule has 0 amide bonds. The van der Waals surface area contributed by atoms with Gasteiger partial charge in [-0.1, -0.05) is 58.9 Å². The van der Waals surface area contributed by atoms with Crippen LogP contribution in [0.25, 0.3) is 0 Å². The third kappa shape index (κ3) is 3.80. The van der Waals surface area contributed by atoms with Gasteiger partial charge in [-0.2, -0.15) is 0 Å². The molecule has 1 N–H and O–H groups in total. The van der Waals surface area contributed by atoms with Crippen molar-refractivity contribution in [3.05, 3.63) is 35.4 Å². The second kappa shape index (κ2) is 5.26. The molecule has 0 spiro atoms. The maximum atomic E-state index is 6.07. The maximum absolute atomic E-state index is 6.07. The Kier molecular flexibility index (Phi) is 4.03. The first-order valence-electron chi connectivity index (χ1n) is 7.21. The van der Waals surface area contributed by atoms with Crippen molar-refractivity contribution >= 4 is 0 Å². The van der Waals surface area contributed by atoms with E-state index < -0.39 is 0 Å². The molecule has 1 atom stereocenters. The van der Waals surface area contributed by atoms with Gasteiger partial charge in [0.2, 0.25) is 0 Å². The van der Waals surface area contributed by atoms with E-state index in [0.29, 0.717) is 0 Å². The van der Waals surface area contributed by atoms with Gasteiger partial charge in [0.05, 0.1) is 12.7 Å². The predicted molar refractivity (Wildman–Crippen MR) is 80.5 cm³/mol. The van der Waals surface area contributed by atoms with Crippen LogP contribution in [0.5, 0.6) is 0 Å². The van der Waals surface area contributed by atoms with E-state index in [9.17, 15) is 0 Å². The van der Waals surface area contributed by atoms with Crippen LogP contribution in [-0.4, -0.2) is 19.7 Å². The van der Waals surface area contributed by atoms with Crippen LogP contribution in [0, 0.1) is 5.41 Å². The Labute approximate surface area is 117 Å². The molecule has 1 heterocycles. The fourth-order valence-corrected chi connectivity index (χ4v) is 2.39. The normalized spacial score (nSPS) is 23.9. The molecule has 0 radical (unpaired) electrons. The summed E-state index contributed by atoms with van der Waals surface area (Å²) in [5.41, 5.74) is 3.08. The van der Waals surface area contributed by atoms with Gasteiger partial charge in [0.15, 0.2) is 0 Å². The Morgan fingerprint density at radius 1 is 1.16 bits per heavy atom. The van der Waals surface area contributed by atoms with Crippen molar-refractivity contribution < 1.29 is 4.74 Å². The Morgan fingerprint density at radius 2 is 1.79 bits per heavy atom. The van der Waals surface area contributed by atoms with Gasteiger partial charge in [-0.15, -0.1) is 0 Å². The monoisotopic (exact) mass is 261 g/mol. The second-order valence-electron chi connectivity index (χ2n) is 7.47. The maximum Gasteiger partial charge on any atom is 0.0949 e. The van der Waals surface area contributed by atoms with Crippen molar-refractivity contribution in [1.82, 2.24) is 5.32 Å². The fourth-order valence-electron chi connectivity index (χ4n) is 2.39. The van der Waals surface area contributed by atoms with Gasteiger partial charge in [-0.25, -0.2) is 0 Å². The SMILES string of the molecule is CC1(C)CNCC(c2ccc(C(C)(C)C)cc2)OC1. The van der Waals surface area contributed by atoms with Crippen LogP contribution >= 0.6 is 0 Å². The lowest BCUT2D eigenvalue weighted by molar-refractivity contribution is 0.0260. The van der Waals surface area contributed by atoms with Crippen LogP contribution in [0.15, 0.2) is 24.3 Å². The average Bonchev–Trinajstić information content (AvgIpc) is 2.49. The molecule has 2 rings (SSSR count). The molecule has 0 aliphatic carbocycles. The lowest BCUT2D eigenvalue weighted by Gasteiger charge is -2.22. The first-order chi connectivity index (χ1) is 8.78. The minimum absolute atomic E-state index is 0.177. The van der Waals surface area contributed by atoms with Crippen molar-refractivity contribution in [2.75, 3.05) is 19.7 Å². The first kappa shape index (κ1) is 14.5. The van der Waals surface area contributed by atoms with Gasteiger partial charge in [0.25, 0.3) is 0 Å². The molecular weight excluding hydrogens is 234 g/mol. The molecule has 1 aliphatic rings. The third-order valence-electron chi connectivity index (χ3n) is 3.76. The van der Waals surface area contributed by atoms with Gasteiger partial charge < -0.3 is 10.1 Å². The summed E-state index contributed by atoms with van der Waals surface area (Å²) in [6.45, 7) is 13.9. The van der Waals surface area contributed by atoms with Gasteiger partial charge in [-0.05, 0) is 16.5 Å². The lowest BCUT2D eigenvalue weighted by Crippen LogP contribution is -2.29. The zero-order chi connectivity index (χ0) is 14.1. The van der Waals surface area contributed by atoms with Crippen LogP contribution < -0.4 is 5.32 Å². The molecule has 1 saturated heterocycles. The molecule has 0 aromatic heterocycles. The minimum atomic E-state index is 0.177. The van der Waals surface area contributed by atoms with Gasteiger partial charge in [0, 0.05) is 18.5 Å². The van der Waals surface area contributed by atoms with Crippen molar-refractivity contribution in [2.24, 2.45) is 5.41 Å². The quantitative estimate of drug-likeness (QED) is 0.833. The summed E-state index contributed by atoms with van der Waals surface area (Å²) in [6.07, 6.45) is 0.177. The van der Waals surface area contributed by atoms with Crippen LogP contribution in [-0.2, 0) is 10.2 Å². The van der Waals surface area contributed by atoms with E-state index in [4.69, 9.17) is 4.74 Å². The highest BCUT2D eigenvalue weighted by Gasteiger charge is 2.25. The van der Waals surface area contributed by atoms with E-state index in [1.54, 1.807) is 0 Å². The summed E-state index contributed by atoms with van der Waals surface area (Å²) in [5, 5.41) is 3.51. The van der Waals surface area contributed by atoms with Crippen molar-refractivity contribution in [3.63, 3.8) is 0 Å². The van der Waals surface area contributed by atoms with E-state index in [0.717, 1.165) is 19.7 Å². The summed E-state index contributed by atoms with van der Waals surface area (Å²) in [4.78, 5) is 0. The highest BCUT2D eigenvalue weighted by Crippen LogP contribution is 2.27. The second-order valence-corrected chi connectivity index (χ2v) is 7.47. The molecule has 1 aromatic carbocycles. The zero-order valence-corrected chi connectivity index (χ0v) is 12.9. The molecule has 1 fully saturated rings. The number of hydrogen-bond acceptors (Lipinski definition) is 2. The Bertz CT molecular complexity index is 414. The number of benzene rings is 1. The molecule has 2 heteroatoms. The fraction of sp³-hybridized carbons (Fsp3) is 0.647. The molecule has 1 aliphatic heterocycles. The average molecular weight is 261 g/mol. The van der Waals surface area contributed by atoms with Crippen molar-refractivity contribution in [3.8, 4) is 0 Å². The highest BCUT2D eigenvalue weighted by molar-refractivity contribution is 5.29. The van der Waals surface area contributed by atoms with E-state index >= 15 is 0 Å². The molecular formula is C17H27NO. The summed E-state index contributed by atoms with van der Waals surface area (Å²) in [6, 6.07) is 8.89. The van der Waals surface area contributed by atoms with Crippen LogP contribution in [0.1, 0.15) is 51.8 Å². The summed E-state index contributed by atoms with van der Waals surface area (Å²) < 4.78 is 6.07. The van der Waals surface area contributed by atoms with Crippen molar-refractivity contribution in [1.29, 1.82) is 0 Å². The summed E-state index contributed by atoms with van der Waals surface area (Å²) in [7, 11) is 0. The van der Waals surface area contributed by atoms with Gasteiger partial charge >= 0.3 is 0 Å². The predicted octanol–water partition coefficient (Wildman–Crippen LogP) is 3.67. The number of nitrogens with one attached hydrogen (secondary N) is 1. The highest BCUT2D eigenvalue weighted by atomic mass is 16.5. The van der Waals surface area contributed by atoms with E-state index in [1.807, 2.05) is 0 Å². The van der Waals surface area contributed by atoms with Gasteiger partial charge in [-0.3, -0.25) is 0 Å². The van der Waals surface area contributed by atoms with Crippen LogP contribution in [0.4, 0.5) is 0 Å². The van der Waals surface area contributed by atoms with Crippen LogP contribution in [0.3, 0.4) is 0 Å². The molecule has 106 valence electrons. The summed E-state index contributed by atoms with van der Waals surface area (Å²) >= 11 is 0. The van der Waals surface area contributed by atoms with E-state index in [-0.39, 0.29) is 16.9 Å². The Morgan fingerprint density at radius 3 is 2.37 bits per heavy atom. The van der Waals surface area contributed by atoms with Crippen molar-refractivity contribution in [2.45, 2.75) is 46.1 Å². The molecule has 19 heavy (non-hydrogen) atoms. The topological polar surface area (TPSA) is 21.3 Å². The van der Waals surface area contributed by atoms with Gasteiger partial charge in [0.1, 0.15) is 0 Å². The number of hydrogen-bond donors (Lipinski definition) is 1. The molecule has 0 bridgehead atoms. The largest absolute Gasteiger partial charge is 0.372 e. The zero-order valence-electron chi connectivity index (χ0n) is 12.9. The first-order valence-corrected chi connectivity index (χ1v) is 7.21. The number of rotatable bonds is 1. The van der Waals surface area contributed by atoms with E-state index in [1.165, 1.54) is 11.1 Å². The summed E-state index contributed by atoms with van der Waals surface area (Å²) in [5.74, 6) is 0. The van der Waals surface area contributed by atoms with Crippen LogP contribution in [0.2, 0.25) is 0 Å². The Balaban J connectivity index is 2.10. The lowest BCUT2D eigenvalue weighted by atomic mass is 9.86. The molecule has 0 saturated carbocycles. The van der Waals surface area contributed by atoms with E-state index in [2.05, 4.69) is 64.2 Å². The third-order valence-corrected chi connectivity index (χ3v) is 3.76. The Hall–Kier alpha value is -0.860. The number of ether oxygens (including phenoxy) is 1. The smallest absolute Gasteiger partial charge is 0.0949 e. The molecule has 1 aromatic rings. The molecule has 2 nitrogen and oxygen atoms in total. The minimum Gasteiger partial charge on any atom is -0.372 e. The standard InChI is InChI=1S/C17H27NO/c1-16(2,3)14-8-6-13(7-9-14)15-10-18-11-17(4,5)12-19-15/h6-9,15,18H,10-12H2,1-5H3.